The monoisotopic (exact) mass is 420 g/mol. The van der Waals surface area contributed by atoms with Gasteiger partial charge in [-0.1, -0.05) is 30.3 Å². The third-order valence-corrected chi connectivity index (χ3v) is 5.70. The molecule has 1 heterocycles. The van der Waals surface area contributed by atoms with Gasteiger partial charge in [-0.3, -0.25) is 9.62 Å². The molecule has 0 unspecified atom stereocenters. The Hall–Kier alpha value is -2.62. The zero-order chi connectivity index (χ0) is 20.7. The maximum atomic E-state index is 12.6. The van der Waals surface area contributed by atoms with Gasteiger partial charge in [0.1, 0.15) is 12.4 Å². The van der Waals surface area contributed by atoms with E-state index >= 15 is 0 Å². The lowest BCUT2D eigenvalue weighted by Crippen LogP contribution is -2.38. The Labute approximate surface area is 170 Å². The minimum Gasteiger partial charge on any atom is -0.490 e. The molecule has 1 aliphatic rings. The van der Waals surface area contributed by atoms with Crippen molar-refractivity contribution in [2.45, 2.75) is 5.75 Å². The summed E-state index contributed by atoms with van der Waals surface area (Å²) in [5.41, 5.74) is 0.718. The first-order valence-corrected chi connectivity index (χ1v) is 10.9. The van der Waals surface area contributed by atoms with Gasteiger partial charge in [-0.15, -0.1) is 0 Å². The topological polar surface area (TPSA) is 105 Å². The number of morpholine rings is 1. The summed E-state index contributed by atoms with van der Waals surface area (Å²) >= 11 is 0. The van der Waals surface area contributed by atoms with Crippen molar-refractivity contribution >= 4 is 21.7 Å². The van der Waals surface area contributed by atoms with Crippen molar-refractivity contribution < 1.29 is 27.8 Å². The highest BCUT2D eigenvalue weighted by Crippen LogP contribution is 2.28. The molecule has 3 rings (SSSR count). The zero-order valence-electron chi connectivity index (χ0n) is 15.9. The van der Waals surface area contributed by atoms with Crippen LogP contribution in [0.1, 0.15) is 15.9 Å². The van der Waals surface area contributed by atoms with Crippen molar-refractivity contribution in [1.29, 1.82) is 0 Å². The second kappa shape index (κ2) is 9.73. The van der Waals surface area contributed by atoms with E-state index in [-0.39, 0.29) is 17.0 Å². The van der Waals surface area contributed by atoms with Crippen LogP contribution in [0.5, 0.6) is 5.75 Å². The molecule has 1 fully saturated rings. The van der Waals surface area contributed by atoms with Crippen LogP contribution in [0, 0.1) is 0 Å². The predicted octanol–water partition coefficient (Wildman–Crippen LogP) is 2.04. The first-order chi connectivity index (χ1) is 13.9. The van der Waals surface area contributed by atoms with Crippen molar-refractivity contribution in [3.05, 3.63) is 59.7 Å². The molecule has 1 aliphatic heterocycles. The van der Waals surface area contributed by atoms with Gasteiger partial charge in [0, 0.05) is 19.6 Å². The molecule has 2 aromatic carbocycles. The smallest absolute Gasteiger partial charge is 0.335 e. The molecule has 0 radical (unpaired) electrons. The number of ether oxygens (including phenoxy) is 2. The van der Waals surface area contributed by atoms with Crippen LogP contribution in [0.25, 0.3) is 0 Å². The minimum atomic E-state index is -3.75. The van der Waals surface area contributed by atoms with Crippen LogP contribution < -0.4 is 9.46 Å². The Morgan fingerprint density at radius 1 is 1.14 bits per heavy atom. The molecule has 8 nitrogen and oxygen atoms in total. The van der Waals surface area contributed by atoms with Crippen molar-refractivity contribution in [2.24, 2.45) is 0 Å². The largest absolute Gasteiger partial charge is 0.490 e. The number of aromatic carboxylic acids is 1. The molecule has 0 atom stereocenters. The maximum absolute atomic E-state index is 12.6. The Kier molecular flexibility index (Phi) is 7.08. The summed E-state index contributed by atoms with van der Waals surface area (Å²) in [6, 6.07) is 12.9. The third kappa shape index (κ3) is 6.45. The highest BCUT2D eigenvalue weighted by atomic mass is 32.2. The van der Waals surface area contributed by atoms with Crippen LogP contribution in [0.4, 0.5) is 5.69 Å². The van der Waals surface area contributed by atoms with Gasteiger partial charge in [0.05, 0.1) is 30.2 Å². The highest BCUT2D eigenvalue weighted by molar-refractivity contribution is 7.91. The summed E-state index contributed by atoms with van der Waals surface area (Å²) in [5.74, 6) is -1.08. The molecule has 0 aliphatic carbocycles. The van der Waals surface area contributed by atoms with Crippen molar-refractivity contribution in [2.75, 3.05) is 44.2 Å². The second-order valence-corrected chi connectivity index (χ2v) is 8.39. The minimum absolute atomic E-state index is 0.0251. The zero-order valence-corrected chi connectivity index (χ0v) is 16.7. The number of rotatable bonds is 9. The van der Waals surface area contributed by atoms with Gasteiger partial charge in [-0.25, -0.2) is 13.2 Å². The van der Waals surface area contributed by atoms with E-state index in [9.17, 15) is 18.3 Å². The number of anilines is 1. The van der Waals surface area contributed by atoms with Gasteiger partial charge < -0.3 is 14.6 Å². The van der Waals surface area contributed by atoms with E-state index in [2.05, 4.69) is 9.62 Å². The first kappa shape index (κ1) is 21.1. The summed E-state index contributed by atoms with van der Waals surface area (Å²) in [5, 5.41) is 9.24. The standard InChI is InChI=1S/C20H24N2O6S/c23-20(24)17-6-7-19(28-13-10-22-8-11-27-12-9-22)18(14-17)21-29(25,26)15-16-4-2-1-3-5-16/h1-7,14,21H,8-13,15H2,(H,23,24). The van der Waals surface area contributed by atoms with Crippen LogP contribution in [-0.2, 0) is 20.5 Å². The van der Waals surface area contributed by atoms with Crippen molar-refractivity contribution in [1.82, 2.24) is 4.90 Å². The van der Waals surface area contributed by atoms with Gasteiger partial charge in [0.25, 0.3) is 0 Å². The number of nitrogens with one attached hydrogen (secondary N) is 1. The van der Waals surface area contributed by atoms with E-state index in [0.29, 0.717) is 37.7 Å². The van der Waals surface area contributed by atoms with Crippen molar-refractivity contribution in [3.63, 3.8) is 0 Å². The summed E-state index contributed by atoms with van der Waals surface area (Å²) in [6.07, 6.45) is 0. The molecule has 0 amide bonds. The SMILES string of the molecule is O=C(O)c1ccc(OCCN2CCOCC2)c(NS(=O)(=O)Cc2ccccc2)c1. The second-order valence-electron chi connectivity index (χ2n) is 6.67. The summed E-state index contributed by atoms with van der Waals surface area (Å²) in [7, 11) is -3.75. The van der Waals surface area contributed by atoms with E-state index in [0.717, 1.165) is 13.1 Å². The van der Waals surface area contributed by atoms with E-state index in [4.69, 9.17) is 9.47 Å². The predicted molar refractivity (Wildman–Crippen MR) is 109 cm³/mol. The Morgan fingerprint density at radius 2 is 1.86 bits per heavy atom. The first-order valence-electron chi connectivity index (χ1n) is 9.27. The molecule has 0 aromatic heterocycles. The fourth-order valence-electron chi connectivity index (χ4n) is 2.98. The Morgan fingerprint density at radius 3 is 2.55 bits per heavy atom. The molecule has 0 saturated carbocycles. The Bertz CT molecular complexity index is 927. The Balaban J connectivity index is 1.72. The maximum Gasteiger partial charge on any atom is 0.335 e. The fraction of sp³-hybridized carbons (Fsp3) is 0.350. The molecule has 156 valence electrons. The van der Waals surface area contributed by atoms with Gasteiger partial charge in [-0.05, 0) is 23.8 Å². The quantitative estimate of drug-likeness (QED) is 0.639. The van der Waals surface area contributed by atoms with Gasteiger partial charge in [0.15, 0.2) is 0 Å². The summed E-state index contributed by atoms with van der Waals surface area (Å²) in [6.45, 7) is 4.01. The van der Waals surface area contributed by atoms with Gasteiger partial charge >= 0.3 is 5.97 Å². The number of carboxylic acids is 1. The normalized spacial score (nSPS) is 15.0. The van der Waals surface area contributed by atoms with E-state index < -0.39 is 16.0 Å². The number of nitrogens with zero attached hydrogens (tertiary/aromatic N) is 1. The molecule has 9 heteroatoms. The van der Waals surface area contributed by atoms with E-state index in [1.54, 1.807) is 30.3 Å². The van der Waals surface area contributed by atoms with E-state index in [1.165, 1.54) is 18.2 Å². The average Bonchev–Trinajstić information content (AvgIpc) is 2.70. The number of carbonyl (C=O) groups is 1. The molecular formula is C20H24N2O6S. The number of sulfonamides is 1. The summed E-state index contributed by atoms with van der Waals surface area (Å²) < 4.78 is 38.7. The lowest BCUT2D eigenvalue weighted by molar-refractivity contribution is 0.0323. The molecule has 0 spiro atoms. The van der Waals surface area contributed by atoms with Crippen molar-refractivity contribution in [3.8, 4) is 5.75 Å². The van der Waals surface area contributed by atoms with E-state index in [1.807, 2.05) is 0 Å². The number of hydrogen-bond acceptors (Lipinski definition) is 6. The number of carboxylic acid groups (broad SMARTS) is 1. The molecular weight excluding hydrogens is 396 g/mol. The van der Waals surface area contributed by atoms with Crippen LogP contribution in [0.3, 0.4) is 0 Å². The van der Waals surface area contributed by atoms with Crippen LogP contribution in [0.15, 0.2) is 48.5 Å². The number of benzene rings is 2. The number of hydrogen-bond donors (Lipinski definition) is 2. The summed E-state index contributed by atoms with van der Waals surface area (Å²) in [4.78, 5) is 13.5. The fourth-order valence-corrected chi connectivity index (χ4v) is 4.17. The molecule has 0 bridgehead atoms. The molecule has 29 heavy (non-hydrogen) atoms. The lowest BCUT2D eigenvalue weighted by atomic mass is 10.2. The molecule has 2 N–H and O–H groups in total. The molecule has 1 saturated heterocycles. The van der Waals surface area contributed by atoms with Crippen LogP contribution >= 0.6 is 0 Å². The average molecular weight is 420 g/mol. The highest BCUT2D eigenvalue weighted by Gasteiger charge is 2.17. The van der Waals surface area contributed by atoms with Gasteiger partial charge in [0.2, 0.25) is 10.0 Å². The third-order valence-electron chi connectivity index (χ3n) is 4.46. The lowest BCUT2D eigenvalue weighted by Gasteiger charge is -2.26. The van der Waals surface area contributed by atoms with Crippen LogP contribution in [-0.4, -0.2) is 63.8 Å². The van der Waals surface area contributed by atoms with Gasteiger partial charge in [-0.2, -0.15) is 0 Å². The van der Waals surface area contributed by atoms with Crippen LogP contribution in [0.2, 0.25) is 0 Å². The molecule has 2 aromatic rings.